The van der Waals surface area contributed by atoms with Crippen molar-refractivity contribution in [2.75, 3.05) is 27.6 Å². The zero-order valence-corrected chi connectivity index (χ0v) is 12.0. The maximum atomic E-state index is 12.4. The van der Waals surface area contributed by atoms with Crippen molar-refractivity contribution in [2.45, 2.75) is 12.1 Å². The first kappa shape index (κ1) is 7.59. The molecule has 0 aliphatic heterocycles. The minimum absolute atomic E-state index is 0.129. The van der Waals surface area contributed by atoms with E-state index in [1.807, 2.05) is 19.0 Å². The van der Waals surface area contributed by atoms with Gasteiger partial charge in [0.15, 0.2) is 0 Å². The number of aromatic nitrogens is 1. The lowest BCUT2D eigenvalue weighted by Gasteiger charge is -2.08. The fraction of sp³-hybridized carbons (Fsp3) is 0.429. The number of rotatable bonds is 6. The van der Waals surface area contributed by atoms with Crippen LogP contribution in [0.3, 0.4) is 0 Å². The van der Waals surface area contributed by atoms with Gasteiger partial charge in [0.25, 0.3) is 0 Å². The van der Waals surface area contributed by atoms with Gasteiger partial charge in [0.2, 0.25) is 10.0 Å². The molecule has 1 aromatic carbocycles. The molecule has 0 saturated carbocycles. The predicted octanol–water partition coefficient (Wildman–Crippen LogP) is 1.32. The summed E-state index contributed by atoms with van der Waals surface area (Å²) in [6.45, 7) is -2.60. The fourth-order valence-electron chi connectivity index (χ4n) is 1.74. The first-order valence-corrected chi connectivity index (χ1v) is 7.37. The highest BCUT2D eigenvalue weighted by Gasteiger charge is 2.11. The zero-order valence-electron chi connectivity index (χ0n) is 19.2. The second-order valence-electron chi connectivity index (χ2n) is 4.57. The highest BCUT2D eigenvalue weighted by Crippen LogP contribution is 2.21. The van der Waals surface area contributed by atoms with Crippen LogP contribution in [0.4, 0.5) is 0 Å². The number of sulfonamides is 1. The Labute approximate surface area is 131 Å². The zero-order chi connectivity index (χ0) is 21.7. The smallest absolute Gasteiger partial charge is 0.215 e. The number of aromatic amines is 1. The van der Waals surface area contributed by atoms with E-state index in [1.165, 1.54) is 10.9 Å². The molecule has 110 valence electrons. The van der Waals surface area contributed by atoms with Crippen molar-refractivity contribution in [3.63, 3.8) is 0 Å². The SMILES string of the molecule is [2H]c1c(C([2H])([2H])S(=O)(=O)NC([2H])([2H])[2H])c([2H])c2c(CCN(C)C)c[nH]c2c1[2H]. The molecule has 1 aromatic heterocycles. The van der Waals surface area contributed by atoms with Gasteiger partial charge >= 0.3 is 0 Å². The van der Waals surface area contributed by atoms with E-state index in [0.29, 0.717) is 18.5 Å². The number of likely N-dealkylation sites (N-methyl/N-ethyl adjacent to an activating group) is 1. The molecule has 2 rings (SSSR count). The Hall–Kier alpha value is -1.37. The van der Waals surface area contributed by atoms with Gasteiger partial charge in [-0.15, -0.1) is 0 Å². The van der Waals surface area contributed by atoms with Crippen LogP contribution < -0.4 is 4.72 Å². The highest BCUT2D eigenvalue weighted by atomic mass is 32.2. The maximum absolute atomic E-state index is 12.4. The first-order valence-electron chi connectivity index (χ1n) is 9.88. The summed E-state index contributed by atoms with van der Waals surface area (Å²) in [5, 5.41) is 0.144. The third-order valence-electron chi connectivity index (χ3n) is 2.72. The molecule has 6 heteroatoms. The average molecular weight is 303 g/mol. The largest absolute Gasteiger partial charge is 0.361 e. The molecule has 0 unspecified atom stereocenters. The number of nitrogens with zero attached hydrogens (tertiary/aromatic N) is 1. The van der Waals surface area contributed by atoms with Gasteiger partial charge in [-0.2, -0.15) is 0 Å². The van der Waals surface area contributed by atoms with Gasteiger partial charge < -0.3 is 9.88 Å². The van der Waals surface area contributed by atoms with Crippen LogP contribution in [0.1, 0.15) is 22.1 Å². The molecule has 0 fully saturated rings. The maximum Gasteiger partial charge on any atom is 0.215 e. The lowest BCUT2D eigenvalue weighted by Crippen LogP contribution is -2.20. The molecule has 0 amide bonds. The Kier molecular flexibility index (Phi) is 2.26. The van der Waals surface area contributed by atoms with Gasteiger partial charge in [-0.3, -0.25) is 0 Å². The van der Waals surface area contributed by atoms with Gasteiger partial charge in [0.1, 0.15) is 0 Å². The molecule has 2 N–H and O–H groups in total. The third-order valence-corrected chi connectivity index (χ3v) is 3.47. The topological polar surface area (TPSA) is 65.2 Å². The van der Waals surface area contributed by atoms with Gasteiger partial charge in [-0.25, -0.2) is 13.1 Å². The number of H-pyrrole nitrogens is 1. The molecule has 0 radical (unpaired) electrons. The first-order chi connectivity index (χ1) is 12.6. The van der Waals surface area contributed by atoms with E-state index in [0.717, 1.165) is 0 Å². The number of fused-ring (bicyclic) bond motifs is 1. The van der Waals surface area contributed by atoms with Gasteiger partial charge in [0.05, 0.1) is 9.82 Å². The van der Waals surface area contributed by atoms with Gasteiger partial charge in [0, 0.05) is 30.5 Å². The lowest BCUT2D eigenvalue weighted by molar-refractivity contribution is 0.414. The van der Waals surface area contributed by atoms with E-state index < -0.39 is 46.4 Å². The molecule has 0 spiro atoms. The van der Waals surface area contributed by atoms with Crippen molar-refractivity contribution in [2.24, 2.45) is 0 Å². The molecule has 0 atom stereocenters. The monoisotopic (exact) mass is 303 g/mol. The van der Waals surface area contributed by atoms with Crippen molar-refractivity contribution in [1.29, 1.82) is 0 Å². The summed E-state index contributed by atoms with van der Waals surface area (Å²) in [6, 6.07) is -1.82. The molecule has 0 bridgehead atoms. The van der Waals surface area contributed by atoms with Crippen molar-refractivity contribution < 1.29 is 19.4 Å². The summed E-state index contributed by atoms with van der Waals surface area (Å²) >= 11 is 0. The molecule has 0 aliphatic carbocycles. The van der Waals surface area contributed by atoms with E-state index in [4.69, 9.17) is 11.0 Å². The Morgan fingerprint density at radius 2 is 2.30 bits per heavy atom. The summed E-state index contributed by atoms with van der Waals surface area (Å²) in [6.07, 6.45) is 1.98. The molecule has 0 aliphatic rings. The van der Waals surface area contributed by atoms with Gasteiger partial charge in [-0.1, -0.05) is 6.04 Å². The summed E-state index contributed by atoms with van der Waals surface area (Å²) in [5.41, 5.74) is -3.58. The van der Waals surface area contributed by atoms with E-state index >= 15 is 0 Å². The molecular formula is C14H21N3O2S. The van der Waals surface area contributed by atoms with Crippen LogP contribution in [0.5, 0.6) is 0 Å². The predicted molar refractivity (Wildman–Crippen MR) is 82.2 cm³/mol. The second kappa shape index (κ2) is 5.95. The normalized spacial score (nSPS) is 19.6. The molecule has 1 heterocycles. The van der Waals surface area contributed by atoms with Crippen LogP contribution in [0.2, 0.25) is 0 Å². The Bertz CT molecular complexity index is 998. The third kappa shape index (κ3) is 3.59. The number of hydrogen-bond acceptors (Lipinski definition) is 3. The van der Waals surface area contributed by atoms with Crippen LogP contribution in [0.25, 0.3) is 10.9 Å². The molecule has 2 aromatic rings. The Morgan fingerprint density at radius 3 is 3.00 bits per heavy atom. The second-order valence-corrected chi connectivity index (χ2v) is 5.99. The average Bonchev–Trinajstić information content (AvgIpc) is 2.92. The van der Waals surface area contributed by atoms with Crippen LogP contribution in [0, 0.1) is 0 Å². The van der Waals surface area contributed by atoms with Crippen molar-refractivity contribution >= 4 is 20.9 Å². The summed E-state index contributed by atoms with van der Waals surface area (Å²) < 4.78 is 87.7. The number of nitrogens with one attached hydrogen (secondary N) is 2. The number of hydrogen-bond donors (Lipinski definition) is 2. The van der Waals surface area contributed by atoms with Crippen molar-refractivity contribution in [3.05, 3.63) is 35.5 Å². The van der Waals surface area contributed by atoms with Crippen LogP contribution >= 0.6 is 0 Å². The standard InChI is InChI=1S/C14H21N3O2S/c1-15-20(18,19)10-11-4-5-14-13(8-11)12(9-16-14)6-7-17(2)3/h4-5,8-9,15-16H,6-7,10H2,1-3H3/i1D3,4D,5D,8D,10D2. The fourth-order valence-corrected chi connectivity index (χ4v) is 2.16. The quantitative estimate of drug-likeness (QED) is 0.846. The minimum Gasteiger partial charge on any atom is -0.361 e. The van der Waals surface area contributed by atoms with E-state index in [2.05, 4.69) is 4.98 Å². The minimum atomic E-state index is -5.14. The Morgan fingerprint density at radius 1 is 1.50 bits per heavy atom. The van der Waals surface area contributed by atoms with E-state index in [1.54, 1.807) is 0 Å². The lowest BCUT2D eigenvalue weighted by atomic mass is 10.1. The molecule has 0 saturated heterocycles. The van der Waals surface area contributed by atoms with Crippen molar-refractivity contribution in [3.8, 4) is 0 Å². The van der Waals surface area contributed by atoms with E-state index in [9.17, 15) is 8.42 Å². The van der Waals surface area contributed by atoms with E-state index in [-0.39, 0.29) is 10.9 Å². The summed E-state index contributed by atoms with van der Waals surface area (Å²) in [4.78, 5) is 4.68. The molecular weight excluding hydrogens is 274 g/mol. The molecule has 5 nitrogen and oxygen atoms in total. The molecule has 20 heavy (non-hydrogen) atoms. The Balaban J connectivity index is 2.75. The van der Waals surface area contributed by atoms with Gasteiger partial charge in [-0.05, 0) is 50.7 Å². The van der Waals surface area contributed by atoms with Crippen LogP contribution in [0.15, 0.2) is 24.3 Å². The van der Waals surface area contributed by atoms with Crippen LogP contribution in [-0.4, -0.2) is 45.9 Å². The van der Waals surface area contributed by atoms with Crippen LogP contribution in [-0.2, 0) is 22.1 Å². The summed E-state index contributed by atoms with van der Waals surface area (Å²) in [7, 11) is -1.47. The summed E-state index contributed by atoms with van der Waals surface area (Å²) in [5.74, 6) is 0. The van der Waals surface area contributed by atoms with Crippen molar-refractivity contribution in [1.82, 2.24) is 14.6 Å². The number of benzene rings is 1. The highest BCUT2D eigenvalue weighted by molar-refractivity contribution is 7.88.